The van der Waals surface area contributed by atoms with E-state index in [9.17, 15) is 4.79 Å². The van der Waals surface area contributed by atoms with Gasteiger partial charge >= 0.3 is 5.97 Å². The van der Waals surface area contributed by atoms with E-state index in [2.05, 4.69) is 23.7 Å². The smallest absolute Gasteiger partial charge is 0.312 e. The first-order chi connectivity index (χ1) is 7.67. The van der Waals surface area contributed by atoms with Crippen molar-refractivity contribution in [2.45, 2.75) is 32.6 Å². The van der Waals surface area contributed by atoms with Crippen LogP contribution < -0.4 is 4.90 Å². The van der Waals surface area contributed by atoms with Crippen LogP contribution in [0, 0.1) is 0 Å². The van der Waals surface area contributed by atoms with E-state index >= 15 is 0 Å². The lowest BCUT2D eigenvalue weighted by Crippen LogP contribution is -2.21. The fourth-order valence-corrected chi connectivity index (χ4v) is 3.35. The summed E-state index contributed by atoms with van der Waals surface area (Å²) in [5, 5.41) is 10.0. The summed E-state index contributed by atoms with van der Waals surface area (Å²) in [6, 6.07) is 0. The Morgan fingerprint density at radius 3 is 2.81 bits per heavy atom. The van der Waals surface area contributed by atoms with Gasteiger partial charge in [0.2, 0.25) is 0 Å². The van der Waals surface area contributed by atoms with Crippen LogP contribution in [0.5, 0.6) is 0 Å². The Labute approximate surface area is 98.9 Å². The predicted molar refractivity (Wildman–Crippen MR) is 64.4 cm³/mol. The van der Waals surface area contributed by atoms with E-state index in [0.29, 0.717) is 6.42 Å². The van der Waals surface area contributed by atoms with Gasteiger partial charge in [-0.15, -0.1) is 11.3 Å². The van der Waals surface area contributed by atoms with Gasteiger partial charge in [0.1, 0.15) is 5.92 Å². The van der Waals surface area contributed by atoms with Gasteiger partial charge in [0.25, 0.3) is 0 Å². The number of carboxylic acid groups (broad SMARTS) is 1. The highest BCUT2D eigenvalue weighted by molar-refractivity contribution is 7.15. The standard InChI is InChI=1S/C11H16N2O2S/c1-3-13(4-2)11-12-9-7(10(14)15)5-6-8(9)16-11/h7H,3-6H2,1-2H3,(H,14,15). The van der Waals surface area contributed by atoms with Crippen molar-refractivity contribution in [3.8, 4) is 0 Å². The van der Waals surface area contributed by atoms with Gasteiger partial charge in [-0.2, -0.15) is 0 Å². The molecule has 0 fully saturated rings. The van der Waals surface area contributed by atoms with Crippen LogP contribution in [-0.2, 0) is 11.2 Å². The Kier molecular flexibility index (Phi) is 3.14. The number of thiazole rings is 1. The molecule has 0 saturated heterocycles. The zero-order valence-corrected chi connectivity index (χ0v) is 10.4. The second-order valence-corrected chi connectivity index (χ2v) is 4.97. The van der Waals surface area contributed by atoms with E-state index < -0.39 is 5.97 Å². The zero-order valence-electron chi connectivity index (χ0n) is 9.56. The molecule has 0 spiro atoms. The fourth-order valence-electron chi connectivity index (χ4n) is 2.08. The first-order valence-electron chi connectivity index (χ1n) is 5.64. The van der Waals surface area contributed by atoms with Gasteiger partial charge in [0.15, 0.2) is 5.13 Å². The van der Waals surface area contributed by atoms with E-state index in [1.165, 1.54) is 0 Å². The third-order valence-corrected chi connectivity index (χ3v) is 4.23. The molecule has 2 rings (SSSR count). The average Bonchev–Trinajstić information content (AvgIpc) is 2.78. The molecule has 0 bridgehead atoms. The summed E-state index contributed by atoms with van der Waals surface area (Å²) in [6.45, 7) is 6.01. The molecule has 1 heterocycles. The van der Waals surface area contributed by atoms with Crippen LogP contribution in [0.15, 0.2) is 0 Å². The van der Waals surface area contributed by atoms with Crippen LogP contribution >= 0.6 is 11.3 Å². The number of anilines is 1. The maximum absolute atomic E-state index is 11.0. The first kappa shape index (κ1) is 11.4. The minimum absolute atomic E-state index is 0.379. The summed E-state index contributed by atoms with van der Waals surface area (Å²) in [7, 11) is 0. The molecule has 16 heavy (non-hydrogen) atoms. The number of aryl methyl sites for hydroxylation is 1. The van der Waals surface area contributed by atoms with Gasteiger partial charge < -0.3 is 10.0 Å². The first-order valence-corrected chi connectivity index (χ1v) is 6.46. The summed E-state index contributed by atoms with van der Waals surface area (Å²) >= 11 is 1.65. The molecule has 1 unspecified atom stereocenters. The van der Waals surface area contributed by atoms with E-state index in [4.69, 9.17) is 5.11 Å². The third kappa shape index (κ3) is 1.80. The van der Waals surface area contributed by atoms with Gasteiger partial charge in [0.05, 0.1) is 5.69 Å². The summed E-state index contributed by atoms with van der Waals surface area (Å²) < 4.78 is 0. The Bertz CT molecular complexity index is 399. The number of nitrogens with zero attached hydrogens (tertiary/aromatic N) is 2. The molecule has 0 aliphatic heterocycles. The normalized spacial score (nSPS) is 18.5. The zero-order chi connectivity index (χ0) is 11.7. The highest BCUT2D eigenvalue weighted by Crippen LogP contribution is 2.39. The molecule has 1 aliphatic rings. The molecule has 1 N–H and O–H groups in total. The summed E-state index contributed by atoms with van der Waals surface area (Å²) in [5.41, 5.74) is 0.805. The number of fused-ring (bicyclic) bond motifs is 1. The Morgan fingerprint density at radius 2 is 2.25 bits per heavy atom. The summed E-state index contributed by atoms with van der Waals surface area (Å²) in [4.78, 5) is 18.9. The topological polar surface area (TPSA) is 53.4 Å². The average molecular weight is 240 g/mol. The molecular formula is C11H16N2O2S. The minimum Gasteiger partial charge on any atom is -0.481 e. The maximum atomic E-state index is 11.0. The molecular weight excluding hydrogens is 224 g/mol. The highest BCUT2D eigenvalue weighted by atomic mass is 32.1. The molecule has 4 nitrogen and oxygen atoms in total. The van der Waals surface area contributed by atoms with Crippen molar-refractivity contribution >= 4 is 22.4 Å². The van der Waals surface area contributed by atoms with Crippen molar-refractivity contribution < 1.29 is 9.90 Å². The van der Waals surface area contributed by atoms with Gasteiger partial charge in [-0.25, -0.2) is 4.98 Å². The Balaban J connectivity index is 2.28. The molecule has 1 aromatic heterocycles. The number of carboxylic acids is 1. The van der Waals surface area contributed by atoms with Crippen molar-refractivity contribution in [3.05, 3.63) is 10.6 Å². The largest absolute Gasteiger partial charge is 0.481 e. The van der Waals surface area contributed by atoms with E-state index in [-0.39, 0.29) is 5.92 Å². The number of aromatic nitrogens is 1. The molecule has 1 aromatic rings. The van der Waals surface area contributed by atoms with Crippen LogP contribution in [0.1, 0.15) is 36.8 Å². The number of rotatable bonds is 4. The van der Waals surface area contributed by atoms with Crippen LogP contribution in [-0.4, -0.2) is 29.1 Å². The maximum Gasteiger partial charge on any atom is 0.312 e. The lowest BCUT2D eigenvalue weighted by atomic mass is 10.1. The number of aliphatic carboxylic acids is 1. The molecule has 1 atom stereocenters. The van der Waals surface area contributed by atoms with Crippen LogP contribution in [0.2, 0.25) is 0 Å². The van der Waals surface area contributed by atoms with Crippen molar-refractivity contribution in [2.24, 2.45) is 0 Å². The van der Waals surface area contributed by atoms with Crippen LogP contribution in [0.3, 0.4) is 0 Å². The summed E-state index contributed by atoms with van der Waals surface area (Å²) in [6.07, 6.45) is 1.58. The van der Waals surface area contributed by atoms with Crippen molar-refractivity contribution in [1.29, 1.82) is 0 Å². The molecule has 0 amide bonds. The highest BCUT2D eigenvalue weighted by Gasteiger charge is 2.32. The van der Waals surface area contributed by atoms with Gasteiger partial charge in [-0.1, -0.05) is 0 Å². The predicted octanol–water partition coefficient (Wildman–Crippen LogP) is 2.10. The monoisotopic (exact) mass is 240 g/mol. The lowest BCUT2D eigenvalue weighted by molar-refractivity contribution is -0.138. The van der Waals surface area contributed by atoms with Crippen molar-refractivity contribution in [3.63, 3.8) is 0 Å². The van der Waals surface area contributed by atoms with Gasteiger partial charge in [0, 0.05) is 18.0 Å². The Morgan fingerprint density at radius 1 is 1.56 bits per heavy atom. The van der Waals surface area contributed by atoms with Crippen molar-refractivity contribution in [2.75, 3.05) is 18.0 Å². The van der Waals surface area contributed by atoms with Crippen LogP contribution in [0.25, 0.3) is 0 Å². The number of hydrogen-bond acceptors (Lipinski definition) is 4. The SMILES string of the molecule is CCN(CC)c1nc2c(s1)CCC2C(=O)O. The second kappa shape index (κ2) is 4.41. The van der Waals surface area contributed by atoms with Gasteiger partial charge in [-0.05, 0) is 26.7 Å². The van der Waals surface area contributed by atoms with Crippen LogP contribution in [0.4, 0.5) is 5.13 Å². The number of carbonyl (C=O) groups is 1. The fraction of sp³-hybridized carbons (Fsp3) is 0.636. The van der Waals surface area contributed by atoms with Gasteiger partial charge in [-0.3, -0.25) is 4.79 Å². The van der Waals surface area contributed by atoms with E-state index in [0.717, 1.165) is 35.2 Å². The molecule has 88 valence electrons. The Hall–Kier alpha value is -1.10. The third-order valence-electron chi connectivity index (χ3n) is 3.04. The minimum atomic E-state index is -0.741. The molecule has 0 radical (unpaired) electrons. The lowest BCUT2D eigenvalue weighted by Gasteiger charge is -2.16. The van der Waals surface area contributed by atoms with Crippen molar-refractivity contribution in [1.82, 2.24) is 4.98 Å². The molecule has 0 aromatic carbocycles. The molecule has 0 saturated carbocycles. The summed E-state index contributed by atoms with van der Waals surface area (Å²) in [5.74, 6) is -1.12. The molecule has 1 aliphatic carbocycles. The van der Waals surface area contributed by atoms with E-state index in [1.807, 2.05) is 0 Å². The quantitative estimate of drug-likeness (QED) is 0.875. The van der Waals surface area contributed by atoms with E-state index in [1.54, 1.807) is 11.3 Å². The number of hydrogen-bond donors (Lipinski definition) is 1. The second-order valence-electron chi connectivity index (χ2n) is 3.91. The molecule has 5 heteroatoms.